The molecule has 2 spiro atoms. The molecule has 2 unspecified atom stereocenters. The number of fused-ring (bicyclic) bond motifs is 6. The van der Waals surface area contributed by atoms with Crippen LogP contribution in [-0.4, -0.2) is 90.6 Å². The van der Waals surface area contributed by atoms with Crippen LogP contribution < -0.4 is 29.1 Å². The van der Waals surface area contributed by atoms with Crippen LogP contribution in [-0.2, 0) is 23.9 Å². The van der Waals surface area contributed by atoms with Crippen LogP contribution in [0, 0.1) is 42.9 Å². The topological polar surface area (TPSA) is 253 Å². The monoisotopic (exact) mass is 1400 g/mol. The highest BCUT2D eigenvalue weighted by Gasteiger charge is 2.60. The number of hydrogen-bond donors (Lipinski definition) is 0. The van der Waals surface area contributed by atoms with E-state index in [9.17, 15) is 30.8 Å². The van der Waals surface area contributed by atoms with Crippen molar-refractivity contribution in [1.29, 1.82) is 10.5 Å². The first kappa shape index (κ1) is 71.9. The highest BCUT2D eigenvalue weighted by Crippen LogP contribution is 2.58. The smallest absolute Gasteiger partial charge is 0.270 e. The van der Waals surface area contributed by atoms with E-state index in [1.165, 1.54) is 12.1 Å². The number of ether oxygens (including phenoxy) is 2. The molecule has 0 saturated carbocycles. The number of nitriles is 2. The van der Waals surface area contributed by atoms with Crippen molar-refractivity contribution in [2.24, 2.45) is 0 Å². The number of anilines is 4. The number of hydrogen-bond acceptors (Lipinski definition) is 18. The largest absolute Gasteiger partial charge is 0.463 e. The van der Waals surface area contributed by atoms with E-state index in [1.807, 2.05) is 70.3 Å². The Bertz CT molecular complexity index is 4470. The number of benzene rings is 5. The molecule has 0 bridgehead atoms. The molecule has 104 heavy (non-hydrogen) atoms. The van der Waals surface area contributed by atoms with Crippen LogP contribution in [0.3, 0.4) is 0 Å². The van der Waals surface area contributed by atoms with Crippen LogP contribution in [0.15, 0.2) is 118 Å². The third-order valence-electron chi connectivity index (χ3n) is 22.0. The van der Waals surface area contributed by atoms with Gasteiger partial charge in [0.15, 0.2) is 0 Å². The van der Waals surface area contributed by atoms with E-state index in [4.69, 9.17) is 38.9 Å². The van der Waals surface area contributed by atoms with Gasteiger partial charge in [-0.2, -0.15) is 10.5 Å². The predicted octanol–water partition coefficient (Wildman–Crippen LogP) is 19.2. The van der Waals surface area contributed by atoms with Crippen LogP contribution in [0.2, 0.25) is 0 Å². The van der Waals surface area contributed by atoms with Crippen LogP contribution in [0.25, 0.3) is 56.6 Å². The number of aryl methyl sites for hydroxylation is 2. The summed E-state index contributed by atoms with van der Waals surface area (Å²) in [5.74, 6) is 2.01. The number of nitro benzene ring substituents is 2. The highest BCUT2D eigenvalue weighted by molar-refractivity contribution is 6.22. The number of rotatable bonds is 34. The van der Waals surface area contributed by atoms with Crippen molar-refractivity contribution in [2.45, 2.75) is 206 Å². The van der Waals surface area contributed by atoms with Crippen molar-refractivity contribution in [3.05, 3.63) is 163 Å². The van der Waals surface area contributed by atoms with Gasteiger partial charge in [-0.15, -0.1) is 10.2 Å². The van der Waals surface area contributed by atoms with Crippen molar-refractivity contribution in [3.8, 4) is 46.2 Å². The van der Waals surface area contributed by atoms with Gasteiger partial charge < -0.3 is 37.9 Å². The molecule has 9 aromatic rings. The first-order valence-electron chi connectivity index (χ1n) is 37.8. The molecule has 542 valence electrons. The number of unbranched alkanes of at least 4 members (excludes halogenated alkanes) is 12. The third-order valence-corrected chi connectivity index (χ3v) is 22.0. The summed E-state index contributed by atoms with van der Waals surface area (Å²) in [4.78, 5) is 32.0. The van der Waals surface area contributed by atoms with Crippen LogP contribution >= 0.6 is 0 Å². The Morgan fingerprint density at radius 2 is 0.865 bits per heavy atom. The molecule has 22 heteroatoms. The lowest BCUT2D eigenvalue weighted by Gasteiger charge is -2.47. The van der Waals surface area contributed by atoms with Crippen LogP contribution in [0.1, 0.15) is 204 Å². The summed E-state index contributed by atoms with van der Waals surface area (Å²) >= 11 is 0. The van der Waals surface area contributed by atoms with Gasteiger partial charge >= 0.3 is 0 Å². The molecule has 4 aromatic heterocycles. The maximum absolute atomic E-state index is 11.9. The molecule has 4 aliphatic heterocycles. The zero-order chi connectivity index (χ0) is 72.9. The summed E-state index contributed by atoms with van der Waals surface area (Å²) in [6.45, 7) is 22.1. The standard InChI is InChI=1S/C82H96N14O8/c1-9-13-17-25-43-89(44-26-18-14-10-2)77-61(53-83)71-73(65-55-91(87-85-65)47-29-49-93-67-33-23-21-31-63(67)79(5,6)81(93)41-39-57-51-59(95(97)98)35-37-69(57)103-81)76-72(62(54-84)78(102-76)90(45-27-19-15-11-3)46-28-20-16-12-4)74(75(71)101-77)66-56-92(88-86-66)48-30-50-94-68-34-24-22-32-64(68)80(7,8)82(94)42-40-58-52-60(96(99)100)36-38-70(58)104-82/h21-24,31-42,51-52,55-56H,9-20,25-30,43-50H2,1-8H3. The zero-order valence-electron chi connectivity index (χ0n) is 61.5. The molecular weight excluding hydrogens is 1310 g/mol. The number of aromatic nitrogens is 6. The van der Waals surface area contributed by atoms with E-state index in [0.717, 1.165) is 125 Å². The minimum Gasteiger partial charge on any atom is -0.463 e. The minimum absolute atomic E-state index is 0.00747. The average Bonchev–Trinajstić information content (AvgIpc) is 1.56. The lowest BCUT2D eigenvalue weighted by atomic mass is 9.76. The number of non-ortho nitro benzene ring substituents is 2. The van der Waals surface area contributed by atoms with Gasteiger partial charge in [-0.05, 0) is 126 Å². The summed E-state index contributed by atoms with van der Waals surface area (Å²) < 4.78 is 32.7. The molecule has 2 atom stereocenters. The summed E-state index contributed by atoms with van der Waals surface area (Å²) in [6.07, 6.45) is 29.2. The Morgan fingerprint density at radius 1 is 0.490 bits per heavy atom. The molecule has 0 N–H and O–H groups in total. The van der Waals surface area contributed by atoms with Crippen LogP contribution in [0.4, 0.5) is 34.5 Å². The van der Waals surface area contributed by atoms with Crippen molar-refractivity contribution < 1.29 is 28.2 Å². The zero-order valence-corrected chi connectivity index (χ0v) is 61.5. The third kappa shape index (κ3) is 13.1. The van der Waals surface area contributed by atoms with Gasteiger partial charge in [0.25, 0.3) is 11.4 Å². The lowest BCUT2D eigenvalue weighted by Crippen LogP contribution is -2.59. The molecule has 0 fully saturated rings. The van der Waals surface area contributed by atoms with Gasteiger partial charge in [0.2, 0.25) is 23.2 Å². The van der Waals surface area contributed by atoms with Crippen LogP contribution in [0.5, 0.6) is 11.5 Å². The van der Waals surface area contributed by atoms with E-state index >= 15 is 0 Å². The summed E-state index contributed by atoms with van der Waals surface area (Å²) in [6, 6.07) is 31.5. The second-order valence-corrected chi connectivity index (χ2v) is 29.4. The Morgan fingerprint density at radius 3 is 1.22 bits per heavy atom. The summed E-state index contributed by atoms with van der Waals surface area (Å²) in [7, 11) is 0. The van der Waals surface area contributed by atoms with Gasteiger partial charge in [-0.1, -0.05) is 152 Å². The van der Waals surface area contributed by atoms with Crippen molar-refractivity contribution in [3.63, 3.8) is 0 Å². The van der Waals surface area contributed by atoms with Gasteiger partial charge in [-0.3, -0.25) is 29.6 Å². The Balaban J connectivity index is 0.921. The summed E-state index contributed by atoms with van der Waals surface area (Å²) in [5.41, 5.74) is 5.76. The second-order valence-electron chi connectivity index (χ2n) is 29.4. The van der Waals surface area contributed by atoms with E-state index in [2.05, 4.69) is 111 Å². The Hall–Kier alpha value is -10.5. The van der Waals surface area contributed by atoms with E-state index in [0.29, 0.717) is 155 Å². The molecule has 0 aliphatic carbocycles. The molecule has 8 heterocycles. The number of nitrogens with zero attached hydrogens (tertiary/aromatic N) is 14. The highest BCUT2D eigenvalue weighted by atomic mass is 16.6. The van der Waals surface area contributed by atoms with Crippen molar-refractivity contribution in [1.82, 2.24) is 30.0 Å². The van der Waals surface area contributed by atoms with Gasteiger partial charge in [0, 0.05) is 99.1 Å². The van der Waals surface area contributed by atoms with E-state index in [-0.39, 0.29) is 11.4 Å². The quantitative estimate of drug-likeness (QED) is 0.0206. The maximum Gasteiger partial charge on any atom is 0.270 e. The van der Waals surface area contributed by atoms with E-state index < -0.39 is 32.1 Å². The fraction of sp³-hybridized carbons (Fsp3) is 0.463. The number of nitro groups is 2. The summed E-state index contributed by atoms with van der Waals surface area (Å²) in [5, 5.41) is 68.4. The van der Waals surface area contributed by atoms with Crippen molar-refractivity contribution >= 4 is 68.6 Å². The predicted molar refractivity (Wildman–Crippen MR) is 408 cm³/mol. The molecule has 5 aromatic carbocycles. The Labute approximate surface area is 608 Å². The molecule has 0 radical (unpaired) electrons. The fourth-order valence-electron chi connectivity index (χ4n) is 16.4. The molecule has 0 amide bonds. The molecule has 13 rings (SSSR count). The first-order chi connectivity index (χ1) is 50.5. The normalized spacial score (nSPS) is 17.1. The Kier molecular flexibility index (Phi) is 21.1. The number of furan rings is 2. The fourth-order valence-corrected chi connectivity index (χ4v) is 16.4. The molecule has 0 saturated heterocycles. The van der Waals surface area contributed by atoms with Gasteiger partial charge in [0.1, 0.15) is 57.3 Å². The average molecular weight is 1410 g/mol. The van der Waals surface area contributed by atoms with Gasteiger partial charge in [-0.25, -0.2) is 0 Å². The maximum atomic E-state index is 11.9. The van der Waals surface area contributed by atoms with Crippen molar-refractivity contribution in [2.75, 3.05) is 58.9 Å². The molecule has 22 nitrogen and oxygen atoms in total. The SMILES string of the molecule is CCCCCCN(CCCCCC)c1oc2c(-c3cn(CCCN4c5ccccc5C(C)(C)C45C=Cc4cc([N+](=O)[O-])ccc4O5)nn3)c3c(C#N)c(N(CCCCCC)CCCCCC)oc3c(-c3cn(CCCN4c5ccccc5C(C)(C)C45C=Cc4cc([N+](=O)[O-])ccc4O5)nn3)c2c1C#N. The first-order valence-corrected chi connectivity index (χ1v) is 37.8. The molecule has 4 aliphatic rings. The number of para-hydroxylation sites is 2. The molecular formula is C82H96N14O8. The van der Waals surface area contributed by atoms with Gasteiger partial charge in [0.05, 0.1) is 55.0 Å². The minimum atomic E-state index is -0.978. The van der Waals surface area contributed by atoms with E-state index in [1.54, 1.807) is 24.3 Å². The lowest BCUT2D eigenvalue weighted by molar-refractivity contribution is -0.385. The second kappa shape index (κ2) is 30.5.